The fourth-order valence-corrected chi connectivity index (χ4v) is 3.95. The standard InChI is InChI=1S/C27H26FN/c28-26-15-13-22(14-16-26)8-7-19-29-20-17-25(18-21-29)27(23-9-3-1-4-10-23)24-11-5-2-6-12-24/h1-16H,17-21H2. The molecule has 0 atom stereocenters. The molecule has 29 heavy (non-hydrogen) atoms. The smallest absolute Gasteiger partial charge is 0.123 e. The lowest BCUT2D eigenvalue weighted by atomic mass is 9.88. The Hall–Kier alpha value is -2.97. The average molecular weight is 384 g/mol. The Morgan fingerprint density at radius 2 is 1.31 bits per heavy atom. The Balaban J connectivity index is 1.46. The van der Waals surface area contributed by atoms with Crippen LogP contribution in [0.1, 0.15) is 29.5 Å². The molecule has 0 spiro atoms. The van der Waals surface area contributed by atoms with Crippen molar-refractivity contribution in [2.24, 2.45) is 0 Å². The van der Waals surface area contributed by atoms with Crippen LogP contribution in [0.3, 0.4) is 0 Å². The van der Waals surface area contributed by atoms with E-state index in [9.17, 15) is 4.39 Å². The van der Waals surface area contributed by atoms with Crippen LogP contribution in [0.25, 0.3) is 11.6 Å². The molecule has 146 valence electrons. The van der Waals surface area contributed by atoms with E-state index < -0.39 is 0 Å². The van der Waals surface area contributed by atoms with Gasteiger partial charge < -0.3 is 0 Å². The van der Waals surface area contributed by atoms with Gasteiger partial charge in [0.25, 0.3) is 0 Å². The summed E-state index contributed by atoms with van der Waals surface area (Å²) in [4.78, 5) is 2.48. The van der Waals surface area contributed by atoms with Crippen molar-refractivity contribution in [2.45, 2.75) is 12.8 Å². The summed E-state index contributed by atoms with van der Waals surface area (Å²) >= 11 is 0. The highest BCUT2D eigenvalue weighted by molar-refractivity contribution is 5.82. The molecule has 0 aromatic heterocycles. The minimum absolute atomic E-state index is 0.190. The van der Waals surface area contributed by atoms with Gasteiger partial charge >= 0.3 is 0 Å². The Bertz CT molecular complexity index is 921. The van der Waals surface area contributed by atoms with Gasteiger partial charge in [-0.3, -0.25) is 4.90 Å². The molecule has 0 amide bonds. The van der Waals surface area contributed by atoms with Crippen molar-refractivity contribution in [3.05, 3.63) is 119 Å². The Kier molecular flexibility index (Phi) is 6.33. The fourth-order valence-electron chi connectivity index (χ4n) is 3.95. The maximum absolute atomic E-state index is 13.0. The van der Waals surface area contributed by atoms with Crippen LogP contribution < -0.4 is 0 Å². The first kappa shape index (κ1) is 19.4. The molecule has 1 nitrogen and oxygen atoms in total. The van der Waals surface area contributed by atoms with Crippen molar-refractivity contribution in [1.82, 2.24) is 4.90 Å². The summed E-state index contributed by atoms with van der Waals surface area (Å²) in [5.41, 5.74) is 6.59. The number of nitrogens with zero attached hydrogens (tertiary/aromatic N) is 1. The van der Waals surface area contributed by atoms with Gasteiger partial charge in [0.2, 0.25) is 0 Å². The van der Waals surface area contributed by atoms with Gasteiger partial charge in [-0.2, -0.15) is 0 Å². The van der Waals surface area contributed by atoms with Gasteiger partial charge in [-0.1, -0.05) is 90.5 Å². The van der Waals surface area contributed by atoms with E-state index in [2.05, 4.69) is 77.7 Å². The Labute approximate surface area is 172 Å². The maximum atomic E-state index is 13.0. The molecule has 0 N–H and O–H groups in total. The summed E-state index contributed by atoms with van der Waals surface area (Å²) in [5, 5.41) is 0. The van der Waals surface area contributed by atoms with Gasteiger partial charge in [0.05, 0.1) is 0 Å². The van der Waals surface area contributed by atoms with Crippen molar-refractivity contribution in [1.29, 1.82) is 0 Å². The van der Waals surface area contributed by atoms with Crippen molar-refractivity contribution < 1.29 is 4.39 Å². The largest absolute Gasteiger partial charge is 0.299 e. The van der Waals surface area contributed by atoms with Gasteiger partial charge in [-0.05, 0) is 47.2 Å². The predicted molar refractivity (Wildman–Crippen MR) is 120 cm³/mol. The van der Waals surface area contributed by atoms with Crippen LogP contribution in [0, 0.1) is 5.82 Å². The molecule has 3 aromatic carbocycles. The minimum atomic E-state index is -0.190. The molecule has 0 aliphatic carbocycles. The van der Waals surface area contributed by atoms with Crippen molar-refractivity contribution in [3.8, 4) is 0 Å². The molecule has 1 heterocycles. The highest BCUT2D eigenvalue weighted by atomic mass is 19.1. The van der Waals surface area contributed by atoms with Crippen LogP contribution >= 0.6 is 0 Å². The van der Waals surface area contributed by atoms with Crippen LogP contribution in [-0.4, -0.2) is 24.5 Å². The summed E-state index contributed by atoms with van der Waals surface area (Å²) in [7, 11) is 0. The lowest BCUT2D eigenvalue weighted by molar-refractivity contribution is 0.284. The van der Waals surface area contributed by atoms with Gasteiger partial charge in [0.1, 0.15) is 5.82 Å². The number of rotatable bonds is 5. The molecule has 0 unspecified atom stereocenters. The van der Waals surface area contributed by atoms with Gasteiger partial charge in [-0.15, -0.1) is 0 Å². The number of likely N-dealkylation sites (tertiary alicyclic amines) is 1. The Morgan fingerprint density at radius 1 is 0.759 bits per heavy atom. The second-order valence-electron chi connectivity index (χ2n) is 7.47. The highest BCUT2D eigenvalue weighted by Crippen LogP contribution is 2.32. The number of hydrogen-bond acceptors (Lipinski definition) is 1. The monoisotopic (exact) mass is 383 g/mol. The van der Waals surface area contributed by atoms with E-state index in [0.29, 0.717) is 0 Å². The highest BCUT2D eigenvalue weighted by Gasteiger charge is 2.18. The first-order valence-electron chi connectivity index (χ1n) is 10.3. The first-order valence-corrected chi connectivity index (χ1v) is 10.3. The fraction of sp³-hybridized carbons (Fsp3) is 0.185. The van der Waals surface area contributed by atoms with Crippen molar-refractivity contribution in [2.75, 3.05) is 19.6 Å². The lowest BCUT2D eigenvalue weighted by Crippen LogP contribution is -2.31. The second-order valence-corrected chi connectivity index (χ2v) is 7.47. The molecule has 0 saturated carbocycles. The van der Waals surface area contributed by atoms with Gasteiger partial charge in [-0.25, -0.2) is 4.39 Å². The SMILES string of the molecule is Fc1ccc(C=CCN2CCC(=C(c3ccccc3)c3ccccc3)CC2)cc1. The zero-order valence-electron chi connectivity index (χ0n) is 16.6. The van der Waals surface area contributed by atoms with E-state index >= 15 is 0 Å². The molecule has 1 saturated heterocycles. The van der Waals surface area contributed by atoms with E-state index in [1.54, 1.807) is 5.57 Å². The number of halogens is 1. The van der Waals surface area contributed by atoms with E-state index in [1.165, 1.54) is 28.8 Å². The van der Waals surface area contributed by atoms with Crippen molar-refractivity contribution >= 4 is 11.6 Å². The predicted octanol–water partition coefficient (Wildman–Crippen LogP) is 6.44. The Morgan fingerprint density at radius 3 is 1.86 bits per heavy atom. The molecule has 1 fully saturated rings. The third-order valence-electron chi connectivity index (χ3n) is 5.48. The molecule has 0 bridgehead atoms. The van der Waals surface area contributed by atoms with E-state index in [1.807, 2.05) is 12.1 Å². The third kappa shape index (κ3) is 5.10. The first-order chi connectivity index (χ1) is 14.3. The van der Waals surface area contributed by atoms with Gasteiger partial charge in [0.15, 0.2) is 0 Å². The molecular formula is C27H26FN. The summed E-state index contributed by atoms with van der Waals surface area (Å²) in [6, 6.07) is 28.1. The lowest BCUT2D eigenvalue weighted by Gasteiger charge is -2.29. The third-order valence-corrected chi connectivity index (χ3v) is 5.48. The molecule has 3 aromatic rings. The number of piperidine rings is 1. The molecule has 2 heteroatoms. The molecule has 0 radical (unpaired) electrons. The van der Waals surface area contributed by atoms with Gasteiger partial charge in [0, 0.05) is 19.6 Å². The summed E-state index contributed by atoms with van der Waals surface area (Å²) < 4.78 is 13.0. The second kappa shape index (κ2) is 9.49. The topological polar surface area (TPSA) is 3.24 Å². The van der Waals surface area contributed by atoms with Crippen molar-refractivity contribution in [3.63, 3.8) is 0 Å². The molecule has 1 aliphatic rings. The van der Waals surface area contributed by atoms with E-state index in [4.69, 9.17) is 0 Å². The molecular weight excluding hydrogens is 357 g/mol. The quantitative estimate of drug-likeness (QED) is 0.490. The van der Waals surface area contributed by atoms with E-state index in [-0.39, 0.29) is 5.82 Å². The van der Waals surface area contributed by atoms with Crippen LogP contribution in [0.15, 0.2) is 96.6 Å². The number of benzene rings is 3. The van der Waals surface area contributed by atoms with Crippen LogP contribution in [0.4, 0.5) is 4.39 Å². The summed E-state index contributed by atoms with van der Waals surface area (Å²) in [6.45, 7) is 3.05. The van der Waals surface area contributed by atoms with Crippen LogP contribution in [0.5, 0.6) is 0 Å². The number of hydrogen-bond donors (Lipinski definition) is 0. The summed E-state index contributed by atoms with van der Waals surface area (Å²) in [5.74, 6) is -0.190. The summed E-state index contributed by atoms with van der Waals surface area (Å²) in [6.07, 6.45) is 6.43. The minimum Gasteiger partial charge on any atom is -0.299 e. The zero-order chi connectivity index (χ0) is 19.9. The normalized spacial score (nSPS) is 15.0. The zero-order valence-corrected chi connectivity index (χ0v) is 16.6. The van der Waals surface area contributed by atoms with Crippen LogP contribution in [-0.2, 0) is 0 Å². The van der Waals surface area contributed by atoms with E-state index in [0.717, 1.165) is 38.0 Å². The molecule has 4 rings (SSSR count). The average Bonchev–Trinajstić information content (AvgIpc) is 2.78. The molecule has 1 aliphatic heterocycles. The maximum Gasteiger partial charge on any atom is 0.123 e. The van der Waals surface area contributed by atoms with Crippen LogP contribution in [0.2, 0.25) is 0 Å².